The van der Waals surface area contributed by atoms with Gasteiger partial charge in [0.05, 0.1) is 13.7 Å². The minimum atomic E-state index is -4.45. The van der Waals surface area contributed by atoms with Crippen LogP contribution in [0.2, 0.25) is 0 Å². The summed E-state index contributed by atoms with van der Waals surface area (Å²) in [5.41, 5.74) is -1.70. The summed E-state index contributed by atoms with van der Waals surface area (Å²) in [6.07, 6.45) is -4.45. The summed E-state index contributed by atoms with van der Waals surface area (Å²) >= 11 is 3.02. The Hall–Kier alpha value is -1.02. The van der Waals surface area contributed by atoms with Crippen LogP contribution in [0, 0.1) is 0 Å². The molecule has 102 valence electrons. The van der Waals surface area contributed by atoms with E-state index in [1.165, 1.54) is 19.1 Å². The molecule has 0 aliphatic heterocycles. The lowest BCUT2D eigenvalue weighted by atomic mass is 9.99. The lowest BCUT2D eigenvalue weighted by Gasteiger charge is -2.26. The van der Waals surface area contributed by atoms with Gasteiger partial charge in [0.15, 0.2) is 10.2 Å². The molecule has 0 aromatic carbocycles. The van der Waals surface area contributed by atoms with E-state index in [0.29, 0.717) is 4.67 Å². The van der Waals surface area contributed by atoms with Crippen molar-refractivity contribution in [3.63, 3.8) is 0 Å². The quantitative estimate of drug-likeness (QED) is 0.862. The van der Waals surface area contributed by atoms with Gasteiger partial charge < -0.3 is 9.15 Å². The first-order valence-electron chi connectivity index (χ1n) is 4.85. The molecule has 1 aromatic rings. The maximum atomic E-state index is 12.2. The predicted octanol–water partition coefficient (Wildman–Crippen LogP) is 2.58. The van der Waals surface area contributed by atoms with E-state index in [9.17, 15) is 18.0 Å². The number of ether oxygens (including phenoxy) is 1. The van der Waals surface area contributed by atoms with Crippen molar-refractivity contribution in [2.75, 3.05) is 13.7 Å². The van der Waals surface area contributed by atoms with Crippen molar-refractivity contribution in [1.29, 1.82) is 0 Å². The Kier molecular flexibility index (Phi) is 4.44. The Morgan fingerprint density at radius 1 is 1.50 bits per heavy atom. The number of rotatable bonds is 4. The summed E-state index contributed by atoms with van der Waals surface area (Å²) in [5, 5.41) is 2.10. The van der Waals surface area contributed by atoms with Crippen LogP contribution in [-0.4, -0.2) is 25.8 Å². The van der Waals surface area contributed by atoms with Crippen LogP contribution in [0.1, 0.15) is 12.7 Å². The molecule has 0 aliphatic carbocycles. The molecule has 1 aromatic heterocycles. The van der Waals surface area contributed by atoms with E-state index in [1.54, 1.807) is 0 Å². The van der Waals surface area contributed by atoms with Crippen molar-refractivity contribution in [2.45, 2.75) is 18.6 Å². The predicted molar refractivity (Wildman–Crippen MR) is 59.8 cm³/mol. The van der Waals surface area contributed by atoms with Crippen molar-refractivity contribution in [1.82, 2.24) is 5.32 Å². The highest BCUT2D eigenvalue weighted by Gasteiger charge is 2.42. The minimum absolute atomic E-state index is 0.0328. The van der Waals surface area contributed by atoms with Gasteiger partial charge in [-0.3, -0.25) is 5.32 Å². The van der Waals surface area contributed by atoms with Crippen molar-refractivity contribution >= 4 is 21.9 Å². The molecular weight excluding hydrogens is 319 g/mol. The van der Waals surface area contributed by atoms with Gasteiger partial charge in [-0.2, -0.15) is 13.2 Å². The van der Waals surface area contributed by atoms with Gasteiger partial charge in [-0.1, -0.05) is 0 Å². The van der Waals surface area contributed by atoms with Gasteiger partial charge in [0.25, 0.3) is 0 Å². The van der Waals surface area contributed by atoms with Crippen LogP contribution < -0.4 is 5.32 Å². The first kappa shape index (κ1) is 15.0. The molecule has 0 spiro atoms. The first-order valence-corrected chi connectivity index (χ1v) is 5.64. The summed E-state index contributed by atoms with van der Waals surface area (Å²) < 4.78 is 46.6. The molecule has 0 bridgehead atoms. The molecule has 1 atom stereocenters. The molecule has 8 heteroatoms. The highest BCUT2D eigenvalue weighted by molar-refractivity contribution is 9.10. The third-order valence-electron chi connectivity index (χ3n) is 2.30. The van der Waals surface area contributed by atoms with E-state index in [1.807, 2.05) is 0 Å². The monoisotopic (exact) mass is 329 g/mol. The van der Waals surface area contributed by atoms with Crippen LogP contribution in [0.4, 0.5) is 13.2 Å². The zero-order chi connectivity index (χ0) is 14.0. The number of furan rings is 1. The number of hydrogen-bond donors (Lipinski definition) is 1. The average Bonchev–Trinajstić information content (AvgIpc) is 2.71. The Morgan fingerprint density at radius 2 is 2.11 bits per heavy atom. The van der Waals surface area contributed by atoms with Crippen molar-refractivity contribution in [3.8, 4) is 0 Å². The number of methoxy groups -OCH3 is 1. The number of hydrogen-bond acceptors (Lipinski definition) is 4. The molecule has 1 heterocycles. The Balaban J connectivity index is 3.00. The van der Waals surface area contributed by atoms with Crippen molar-refractivity contribution < 1.29 is 27.1 Å². The molecule has 0 saturated carbocycles. The number of nitrogens with one attached hydrogen (secondary N) is 1. The molecule has 4 nitrogen and oxygen atoms in total. The third kappa shape index (κ3) is 3.49. The van der Waals surface area contributed by atoms with E-state index >= 15 is 0 Å². The maximum Gasteiger partial charge on any atom is 0.401 e. The van der Waals surface area contributed by atoms with E-state index in [-0.39, 0.29) is 5.76 Å². The van der Waals surface area contributed by atoms with Gasteiger partial charge in [-0.25, -0.2) is 4.79 Å². The fourth-order valence-electron chi connectivity index (χ4n) is 1.32. The van der Waals surface area contributed by atoms with Crippen LogP contribution in [0.5, 0.6) is 0 Å². The second kappa shape index (κ2) is 5.31. The van der Waals surface area contributed by atoms with Gasteiger partial charge in [0, 0.05) is 0 Å². The SMILES string of the molecule is COC(=O)C(C)(NCC(F)(F)F)c1ccc(Br)o1. The third-order valence-corrected chi connectivity index (χ3v) is 2.73. The van der Waals surface area contributed by atoms with Crippen LogP contribution in [-0.2, 0) is 15.1 Å². The molecule has 1 unspecified atom stereocenters. The molecule has 1 rings (SSSR count). The first-order chi connectivity index (χ1) is 8.19. The van der Waals surface area contributed by atoms with Crippen LogP contribution in [0.15, 0.2) is 21.2 Å². The average molecular weight is 330 g/mol. The number of carbonyl (C=O) groups excluding carboxylic acids is 1. The van der Waals surface area contributed by atoms with Gasteiger partial charge in [0.2, 0.25) is 0 Å². The largest absolute Gasteiger partial charge is 0.467 e. The lowest BCUT2D eigenvalue weighted by molar-refractivity contribution is -0.154. The van der Waals surface area contributed by atoms with Gasteiger partial charge in [0.1, 0.15) is 5.76 Å². The highest BCUT2D eigenvalue weighted by Crippen LogP contribution is 2.28. The van der Waals surface area contributed by atoms with Crippen LogP contribution >= 0.6 is 15.9 Å². The Bertz CT molecular complexity index is 432. The van der Waals surface area contributed by atoms with E-state index in [0.717, 1.165) is 7.11 Å². The van der Waals surface area contributed by atoms with Gasteiger partial charge in [-0.05, 0) is 35.0 Å². The highest BCUT2D eigenvalue weighted by atomic mass is 79.9. The summed E-state index contributed by atoms with van der Waals surface area (Å²) in [4.78, 5) is 11.6. The molecule has 18 heavy (non-hydrogen) atoms. The summed E-state index contributed by atoms with van der Waals surface area (Å²) in [6, 6.07) is 2.87. The fraction of sp³-hybridized carbons (Fsp3) is 0.500. The number of alkyl halides is 3. The van der Waals surface area contributed by atoms with Crippen molar-refractivity contribution in [3.05, 3.63) is 22.6 Å². The second-order valence-corrected chi connectivity index (χ2v) is 4.47. The number of carbonyl (C=O) groups is 1. The molecule has 0 saturated heterocycles. The molecule has 0 fully saturated rings. The van der Waals surface area contributed by atoms with Gasteiger partial charge in [-0.15, -0.1) is 0 Å². The van der Waals surface area contributed by atoms with Gasteiger partial charge >= 0.3 is 12.1 Å². The number of halogens is 4. The van der Waals surface area contributed by atoms with Crippen molar-refractivity contribution in [2.24, 2.45) is 0 Å². The Labute approximate surface area is 110 Å². The topological polar surface area (TPSA) is 51.5 Å². The van der Waals surface area contributed by atoms with E-state index in [2.05, 4.69) is 26.0 Å². The smallest absolute Gasteiger partial charge is 0.401 e. The minimum Gasteiger partial charge on any atom is -0.467 e. The summed E-state index contributed by atoms with van der Waals surface area (Å²) in [6.45, 7) is -0.0766. The van der Waals surface area contributed by atoms with Crippen LogP contribution in [0.25, 0.3) is 0 Å². The molecule has 0 radical (unpaired) electrons. The van der Waals surface area contributed by atoms with E-state index in [4.69, 9.17) is 4.42 Å². The fourth-order valence-corrected chi connectivity index (χ4v) is 1.63. The molecular formula is C10H11BrF3NO3. The number of esters is 1. The zero-order valence-electron chi connectivity index (χ0n) is 9.60. The molecule has 0 aliphatic rings. The Morgan fingerprint density at radius 3 is 2.50 bits per heavy atom. The van der Waals surface area contributed by atoms with E-state index < -0.39 is 24.2 Å². The second-order valence-electron chi connectivity index (χ2n) is 3.69. The standard InChI is InChI=1S/C10H11BrF3NO3/c1-9(8(16)17-2,15-5-10(12,13)14)6-3-4-7(11)18-6/h3-4,15H,5H2,1-2H3. The maximum absolute atomic E-state index is 12.2. The normalized spacial score (nSPS) is 15.2. The summed E-state index contributed by atoms with van der Waals surface area (Å²) in [7, 11) is 1.09. The molecule has 1 N–H and O–H groups in total. The molecule has 0 amide bonds. The lowest BCUT2D eigenvalue weighted by Crippen LogP contribution is -2.50. The van der Waals surface area contributed by atoms with Crippen LogP contribution in [0.3, 0.4) is 0 Å². The zero-order valence-corrected chi connectivity index (χ0v) is 11.2. The summed E-state index contributed by atoms with van der Waals surface area (Å²) in [5.74, 6) is -0.834.